The second kappa shape index (κ2) is 7.87. The van der Waals surface area contributed by atoms with E-state index in [0.717, 1.165) is 16.6 Å². The minimum atomic E-state index is -0.513. The average Bonchev–Trinajstić information content (AvgIpc) is 2.66. The summed E-state index contributed by atoms with van der Waals surface area (Å²) in [4.78, 5) is 30.8. The Labute approximate surface area is 167 Å². The minimum Gasteiger partial charge on any atom is -0.481 e. The molecule has 7 heteroatoms. The van der Waals surface area contributed by atoms with Crippen LogP contribution in [0.3, 0.4) is 0 Å². The first-order valence-corrected chi connectivity index (χ1v) is 9.33. The van der Waals surface area contributed by atoms with Gasteiger partial charge in [-0.15, -0.1) is 0 Å². The van der Waals surface area contributed by atoms with Gasteiger partial charge in [0, 0.05) is 24.2 Å². The maximum Gasteiger partial charge on any atom is 0.260 e. The second-order valence-corrected chi connectivity index (χ2v) is 7.03. The smallest absolute Gasteiger partial charge is 0.260 e. The van der Waals surface area contributed by atoms with Crippen molar-refractivity contribution in [2.75, 3.05) is 25.0 Å². The molecule has 0 bridgehead atoms. The highest BCUT2D eigenvalue weighted by atomic mass is 19.1. The Morgan fingerprint density at radius 1 is 1.17 bits per heavy atom. The number of aryl methyl sites for hydroxylation is 1. The molecule has 1 aliphatic rings. The lowest BCUT2D eigenvalue weighted by Gasteiger charge is -2.38. The van der Waals surface area contributed by atoms with Crippen LogP contribution in [0, 0.1) is 18.7 Å². The molecule has 1 aromatic heterocycles. The molecule has 29 heavy (non-hydrogen) atoms. The van der Waals surface area contributed by atoms with Crippen molar-refractivity contribution in [2.24, 2.45) is 5.92 Å². The van der Waals surface area contributed by atoms with Crippen molar-refractivity contribution in [3.63, 3.8) is 0 Å². The number of pyridine rings is 1. The molecule has 0 saturated carbocycles. The summed E-state index contributed by atoms with van der Waals surface area (Å²) in [6.45, 7) is 2.24. The maximum atomic E-state index is 13.5. The second-order valence-electron chi connectivity index (χ2n) is 7.03. The summed E-state index contributed by atoms with van der Waals surface area (Å²) < 4.78 is 18.8. The van der Waals surface area contributed by atoms with E-state index in [2.05, 4.69) is 10.3 Å². The number of ether oxygens (including phenoxy) is 1. The molecule has 2 heterocycles. The van der Waals surface area contributed by atoms with Gasteiger partial charge in [-0.25, -0.2) is 4.39 Å². The van der Waals surface area contributed by atoms with Crippen LogP contribution < -0.4 is 10.1 Å². The number of nitrogens with zero attached hydrogens (tertiary/aromatic N) is 2. The molecule has 1 fully saturated rings. The van der Waals surface area contributed by atoms with Crippen LogP contribution in [0.5, 0.6) is 5.75 Å². The molecule has 3 aromatic rings. The van der Waals surface area contributed by atoms with E-state index in [1.165, 1.54) is 17.0 Å². The molecular formula is C22H20FN3O3. The van der Waals surface area contributed by atoms with Crippen molar-refractivity contribution in [1.29, 1.82) is 0 Å². The predicted octanol–water partition coefficient (Wildman–Crippen LogP) is 3.16. The highest BCUT2D eigenvalue weighted by Gasteiger charge is 2.36. The number of hydrogen-bond acceptors (Lipinski definition) is 4. The monoisotopic (exact) mass is 393 g/mol. The zero-order valence-corrected chi connectivity index (χ0v) is 15.9. The number of hydrogen-bond donors (Lipinski definition) is 1. The van der Waals surface area contributed by atoms with Crippen LogP contribution in [0.15, 0.2) is 54.6 Å². The number of rotatable bonds is 5. The number of likely N-dealkylation sites (tertiary alicyclic amines) is 1. The van der Waals surface area contributed by atoms with Gasteiger partial charge in [-0.1, -0.05) is 30.3 Å². The van der Waals surface area contributed by atoms with E-state index in [0.29, 0.717) is 18.8 Å². The average molecular weight is 393 g/mol. The molecule has 2 amide bonds. The third-order valence-corrected chi connectivity index (χ3v) is 4.89. The van der Waals surface area contributed by atoms with Gasteiger partial charge in [0.2, 0.25) is 5.91 Å². The summed E-state index contributed by atoms with van der Waals surface area (Å²) in [6, 6.07) is 15.4. The van der Waals surface area contributed by atoms with Crippen LogP contribution in [-0.4, -0.2) is 41.4 Å². The van der Waals surface area contributed by atoms with Crippen LogP contribution >= 0.6 is 0 Å². The maximum absolute atomic E-state index is 13.5. The van der Waals surface area contributed by atoms with Crippen LogP contribution in [-0.2, 0) is 9.59 Å². The summed E-state index contributed by atoms with van der Waals surface area (Å²) in [5.74, 6) is -1.18. The van der Waals surface area contributed by atoms with Gasteiger partial charge in [0.1, 0.15) is 0 Å². The van der Waals surface area contributed by atoms with Crippen molar-refractivity contribution in [2.45, 2.75) is 6.92 Å². The van der Waals surface area contributed by atoms with E-state index in [1.807, 2.05) is 37.3 Å². The molecular weight excluding hydrogens is 373 g/mol. The molecule has 2 aromatic carbocycles. The molecule has 0 atom stereocenters. The number of carbonyl (C=O) groups excluding carboxylic acids is 2. The number of halogens is 1. The van der Waals surface area contributed by atoms with Crippen LogP contribution in [0.2, 0.25) is 0 Å². The number of carbonyl (C=O) groups is 2. The number of benzene rings is 2. The SMILES string of the molecule is Cc1cc(NC(=O)C2CN(C(=O)COc3ccccc3F)C2)c2ccccc2n1. The van der Waals surface area contributed by atoms with Crippen molar-refractivity contribution < 1.29 is 18.7 Å². The Morgan fingerprint density at radius 3 is 2.69 bits per heavy atom. The van der Waals surface area contributed by atoms with Crippen molar-refractivity contribution in [1.82, 2.24) is 9.88 Å². The zero-order valence-electron chi connectivity index (χ0n) is 15.9. The lowest BCUT2D eigenvalue weighted by molar-refractivity contribution is -0.143. The number of anilines is 1. The molecule has 4 rings (SSSR count). The summed E-state index contributed by atoms with van der Waals surface area (Å²) in [5.41, 5.74) is 2.35. The van der Waals surface area contributed by atoms with Crippen LogP contribution in [0.4, 0.5) is 10.1 Å². The van der Waals surface area contributed by atoms with Gasteiger partial charge in [0.05, 0.1) is 17.1 Å². The molecule has 148 valence electrons. The van der Waals surface area contributed by atoms with E-state index < -0.39 is 5.82 Å². The number of amides is 2. The molecule has 0 radical (unpaired) electrons. The summed E-state index contributed by atoms with van der Waals surface area (Å²) in [7, 11) is 0. The Morgan fingerprint density at radius 2 is 1.90 bits per heavy atom. The number of nitrogens with one attached hydrogen (secondary N) is 1. The fourth-order valence-electron chi connectivity index (χ4n) is 3.29. The molecule has 0 spiro atoms. The largest absolute Gasteiger partial charge is 0.481 e. The van der Waals surface area contributed by atoms with Gasteiger partial charge in [-0.2, -0.15) is 0 Å². The summed E-state index contributed by atoms with van der Waals surface area (Å²) >= 11 is 0. The van der Waals surface area contributed by atoms with Crippen LogP contribution in [0.1, 0.15) is 5.69 Å². The number of aromatic nitrogens is 1. The lowest BCUT2D eigenvalue weighted by atomic mass is 9.98. The Balaban J connectivity index is 1.33. The highest BCUT2D eigenvalue weighted by molar-refractivity contribution is 6.02. The Bertz CT molecular complexity index is 1080. The molecule has 1 saturated heterocycles. The molecule has 0 unspecified atom stereocenters. The van der Waals surface area contributed by atoms with Gasteiger partial charge in [-0.3, -0.25) is 14.6 Å². The van der Waals surface area contributed by atoms with Crippen molar-refractivity contribution in [3.05, 3.63) is 66.1 Å². The third kappa shape index (κ3) is 4.03. The summed E-state index contributed by atoms with van der Waals surface area (Å²) in [6.07, 6.45) is 0. The van der Waals surface area contributed by atoms with E-state index in [-0.39, 0.29) is 30.1 Å². The first-order valence-electron chi connectivity index (χ1n) is 9.33. The zero-order chi connectivity index (χ0) is 20.4. The minimum absolute atomic E-state index is 0.0376. The van der Waals surface area contributed by atoms with Gasteiger partial charge < -0.3 is 15.0 Å². The van der Waals surface area contributed by atoms with E-state index >= 15 is 0 Å². The van der Waals surface area contributed by atoms with Crippen molar-refractivity contribution >= 4 is 28.4 Å². The molecule has 1 N–H and O–H groups in total. The fourth-order valence-corrected chi connectivity index (χ4v) is 3.29. The Kier molecular flexibility index (Phi) is 5.12. The lowest BCUT2D eigenvalue weighted by Crippen LogP contribution is -2.55. The van der Waals surface area contributed by atoms with Gasteiger partial charge >= 0.3 is 0 Å². The molecule has 0 aliphatic carbocycles. The number of fused-ring (bicyclic) bond motifs is 1. The standard InChI is InChI=1S/C22H20FN3O3/c1-14-10-19(16-6-2-4-8-18(16)24-14)25-22(28)15-11-26(12-15)21(27)13-29-20-9-5-3-7-17(20)23/h2-10,15H,11-13H2,1H3,(H,24,25,28). The first-order chi connectivity index (χ1) is 14.0. The van der Waals surface area contributed by atoms with Crippen molar-refractivity contribution in [3.8, 4) is 5.75 Å². The Hall–Kier alpha value is -3.48. The van der Waals surface area contributed by atoms with E-state index in [9.17, 15) is 14.0 Å². The van der Waals surface area contributed by atoms with Crippen LogP contribution in [0.25, 0.3) is 10.9 Å². The van der Waals surface area contributed by atoms with Gasteiger partial charge in [0.25, 0.3) is 5.91 Å². The summed E-state index contributed by atoms with van der Waals surface area (Å²) in [5, 5.41) is 3.83. The predicted molar refractivity (Wildman–Crippen MR) is 107 cm³/mol. The van der Waals surface area contributed by atoms with E-state index in [1.54, 1.807) is 12.1 Å². The highest BCUT2D eigenvalue weighted by Crippen LogP contribution is 2.25. The quantitative estimate of drug-likeness (QED) is 0.723. The first kappa shape index (κ1) is 18.9. The number of para-hydroxylation sites is 2. The molecule has 1 aliphatic heterocycles. The normalized spacial score (nSPS) is 13.8. The van der Waals surface area contributed by atoms with Gasteiger partial charge in [0.15, 0.2) is 18.2 Å². The fraction of sp³-hybridized carbons (Fsp3) is 0.227. The topological polar surface area (TPSA) is 71.5 Å². The molecule has 6 nitrogen and oxygen atoms in total. The van der Waals surface area contributed by atoms with Gasteiger partial charge in [-0.05, 0) is 31.2 Å². The van der Waals surface area contributed by atoms with E-state index in [4.69, 9.17) is 4.74 Å². The third-order valence-electron chi connectivity index (χ3n) is 4.89.